The lowest BCUT2D eigenvalue weighted by Crippen LogP contribution is -2.30. The standard InChI is InChI=1S/C16H17N3O4S/c1-10-17-14(23-18-10)9-24-13-5-3-2-4-12(13)15(20)19-7-6-11(8-19)16(21)22/h2-5,11H,6-9H2,1H3,(H,21,22). The van der Waals surface area contributed by atoms with Crippen LogP contribution in [0.5, 0.6) is 0 Å². The van der Waals surface area contributed by atoms with Gasteiger partial charge in [-0.05, 0) is 25.5 Å². The Balaban J connectivity index is 1.71. The Hall–Kier alpha value is -2.35. The Morgan fingerprint density at radius 2 is 2.21 bits per heavy atom. The number of aromatic nitrogens is 2. The molecule has 2 heterocycles. The molecule has 1 unspecified atom stereocenters. The minimum Gasteiger partial charge on any atom is -0.481 e. The highest BCUT2D eigenvalue weighted by molar-refractivity contribution is 7.98. The van der Waals surface area contributed by atoms with Crippen LogP contribution >= 0.6 is 11.8 Å². The van der Waals surface area contributed by atoms with Gasteiger partial charge in [0, 0.05) is 18.0 Å². The molecule has 1 fully saturated rings. The third-order valence-electron chi connectivity index (χ3n) is 3.86. The van der Waals surface area contributed by atoms with Crippen LogP contribution in [0.4, 0.5) is 0 Å². The number of amides is 1. The number of hydrogen-bond acceptors (Lipinski definition) is 6. The molecule has 1 aliphatic heterocycles. The monoisotopic (exact) mass is 347 g/mol. The summed E-state index contributed by atoms with van der Waals surface area (Å²) in [7, 11) is 0. The number of thioether (sulfide) groups is 1. The van der Waals surface area contributed by atoms with E-state index in [1.54, 1.807) is 24.0 Å². The van der Waals surface area contributed by atoms with Gasteiger partial charge in [0.1, 0.15) is 0 Å². The topological polar surface area (TPSA) is 96.5 Å². The van der Waals surface area contributed by atoms with Crippen LogP contribution in [0.25, 0.3) is 0 Å². The zero-order valence-corrected chi connectivity index (χ0v) is 14.0. The second-order valence-corrected chi connectivity index (χ2v) is 6.61. The van der Waals surface area contributed by atoms with E-state index in [0.717, 1.165) is 4.90 Å². The molecule has 0 saturated carbocycles. The number of hydrogen-bond donors (Lipinski definition) is 1. The molecule has 1 aliphatic rings. The normalized spacial score (nSPS) is 17.2. The average molecular weight is 347 g/mol. The fourth-order valence-corrected chi connectivity index (χ4v) is 3.51. The zero-order valence-electron chi connectivity index (χ0n) is 13.1. The van der Waals surface area contributed by atoms with Gasteiger partial charge in [0.05, 0.1) is 17.2 Å². The highest BCUT2D eigenvalue weighted by atomic mass is 32.2. The molecule has 0 aliphatic carbocycles. The Morgan fingerprint density at radius 3 is 2.88 bits per heavy atom. The quantitative estimate of drug-likeness (QED) is 0.828. The molecule has 8 heteroatoms. The minimum atomic E-state index is -0.847. The molecule has 1 saturated heterocycles. The van der Waals surface area contributed by atoms with E-state index >= 15 is 0 Å². The van der Waals surface area contributed by atoms with Gasteiger partial charge in [0.15, 0.2) is 5.82 Å². The number of aliphatic carboxylic acids is 1. The van der Waals surface area contributed by atoms with Gasteiger partial charge in [-0.1, -0.05) is 17.3 Å². The summed E-state index contributed by atoms with van der Waals surface area (Å²) in [6.45, 7) is 2.48. The molecule has 0 spiro atoms. The first kappa shape index (κ1) is 16.5. The van der Waals surface area contributed by atoms with Crippen molar-refractivity contribution in [2.45, 2.75) is 24.0 Å². The summed E-state index contributed by atoms with van der Waals surface area (Å²) in [6.07, 6.45) is 0.498. The SMILES string of the molecule is Cc1noc(CSc2ccccc2C(=O)N2CCC(C(=O)O)C2)n1. The second-order valence-electron chi connectivity index (χ2n) is 5.60. The van der Waals surface area contributed by atoms with E-state index in [0.29, 0.717) is 36.0 Å². The van der Waals surface area contributed by atoms with Crippen molar-refractivity contribution in [1.29, 1.82) is 0 Å². The molecule has 0 bridgehead atoms. The van der Waals surface area contributed by atoms with Crippen molar-refractivity contribution in [2.24, 2.45) is 5.92 Å². The summed E-state index contributed by atoms with van der Waals surface area (Å²) in [6, 6.07) is 7.30. The third-order valence-corrected chi connectivity index (χ3v) is 4.92. The second kappa shape index (κ2) is 7.04. The number of carbonyl (C=O) groups excluding carboxylic acids is 1. The first-order valence-electron chi connectivity index (χ1n) is 7.57. The molecule has 0 radical (unpaired) electrons. The highest BCUT2D eigenvalue weighted by Gasteiger charge is 2.32. The number of carboxylic acid groups (broad SMARTS) is 1. The molecule has 126 valence electrons. The summed E-state index contributed by atoms with van der Waals surface area (Å²) in [5.41, 5.74) is 0.574. The van der Waals surface area contributed by atoms with Crippen molar-refractivity contribution in [3.63, 3.8) is 0 Å². The molecule has 1 aromatic heterocycles. The van der Waals surface area contributed by atoms with Crippen LogP contribution in [0.15, 0.2) is 33.7 Å². The lowest BCUT2D eigenvalue weighted by molar-refractivity contribution is -0.141. The molecular formula is C16H17N3O4S. The number of carbonyl (C=O) groups is 2. The summed E-state index contributed by atoms with van der Waals surface area (Å²) < 4.78 is 5.08. The number of likely N-dealkylation sites (tertiary alicyclic amines) is 1. The zero-order chi connectivity index (χ0) is 17.1. The fraction of sp³-hybridized carbons (Fsp3) is 0.375. The van der Waals surface area contributed by atoms with Gasteiger partial charge in [-0.15, -0.1) is 11.8 Å². The maximum absolute atomic E-state index is 12.7. The number of carboxylic acids is 1. The van der Waals surface area contributed by atoms with E-state index in [9.17, 15) is 9.59 Å². The van der Waals surface area contributed by atoms with Crippen molar-refractivity contribution in [3.8, 4) is 0 Å². The van der Waals surface area contributed by atoms with Gasteiger partial charge >= 0.3 is 5.97 Å². The van der Waals surface area contributed by atoms with Crippen LogP contribution in [0.3, 0.4) is 0 Å². The van der Waals surface area contributed by atoms with Gasteiger partial charge in [0.2, 0.25) is 5.89 Å². The Bertz CT molecular complexity index is 761. The minimum absolute atomic E-state index is 0.136. The van der Waals surface area contributed by atoms with Crippen LogP contribution < -0.4 is 0 Å². The van der Waals surface area contributed by atoms with Gasteiger partial charge < -0.3 is 14.5 Å². The van der Waals surface area contributed by atoms with Gasteiger partial charge in [-0.3, -0.25) is 9.59 Å². The van der Waals surface area contributed by atoms with Crippen molar-refractivity contribution in [1.82, 2.24) is 15.0 Å². The first-order chi connectivity index (χ1) is 11.5. The Labute approximate surface area is 143 Å². The number of nitrogens with zero attached hydrogens (tertiary/aromatic N) is 3. The predicted molar refractivity (Wildman–Crippen MR) is 86.7 cm³/mol. The molecule has 1 N–H and O–H groups in total. The summed E-state index contributed by atoms with van der Waals surface area (Å²) in [5, 5.41) is 12.8. The van der Waals surface area contributed by atoms with E-state index in [1.807, 2.05) is 12.1 Å². The van der Waals surface area contributed by atoms with Gasteiger partial charge in [0.25, 0.3) is 5.91 Å². The molecule has 1 amide bonds. The van der Waals surface area contributed by atoms with Crippen molar-refractivity contribution < 1.29 is 19.2 Å². The van der Waals surface area contributed by atoms with Crippen LogP contribution in [0.1, 0.15) is 28.5 Å². The van der Waals surface area contributed by atoms with E-state index < -0.39 is 11.9 Å². The van der Waals surface area contributed by atoms with Gasteiger partial charge in [-0.25, -0.2) is 0 Å². The average Bonchev–Trinajstić information content (AvgIpc) is 3.22. The predicted octanol–water partition coefficient (Wildman–Crippen LogP) is 2.22. The molecule has 3 rings (SSSR count). The van der Waals surface area contributed by atoms with Gasteiger partial charge in [-0.2, -0.15) is 4.98 Å². The lowest BCUT2D eigenvalue weighted by Gasteiger charge is -2.17. The number of rotatable bonds is 5. The highest BCUT2D eigenvalue weighted by Crippen LogP contribution is 2.28. The maximum Gasteiger partial charge on any atom is 0.308 e. The van der Waals surface area contributed by atoms with Crippen LogP contribution in [0.2, 0.25) is 0 Å². The molecule has 1 atom stereocenters. The smallest absolute Gasteiger partial charge is 0.308 e. The first-order valence-corrected chi connectivity index (χ1v) is 8.56. The molecule has 2 aromatic rings. The lowest BCUT2D eigenvalue weighted by atomic mass is 10.1. The summed E-state index contributed by atoms with van der Waals surface area (Å²) >= 11 is 1.45. The van der Waals surface area contributed by atoms with E-state index in [4.69, 9.17) is 9.63 Å². The maximum atomic E-state index is 12.7. The Morgan fingerprint density at radius 1 is 1.42 bits per heavy atom. The fourth-order valence-electron chi connectivity index (χ4n) is 2.62. The summed E-state index contributed by atoms with van der Waals surface area (Å²) in [4.78, 5) is 30.4. The van der Waals surface area contributed by atoms with Crippen LogP contribution in [-0.2, 0) is 10.5 Å². The van der Waals surface area contributed by atoms with E-state index in [-0.39, 0.29) is 12.5 Å². The molecule has 24 heavy (non-hydrogen) atoms. The number of aryl methyl sites for hydroxylation is 1. The van der Waals surface area contributed by atoms with Crippen LogP contribution in [0, 0.1) is 12.8 Å². The third kappa shape index (κ3) is 3.59. The largest absolute Gasteiger partial charge is 0.481 e. The van der Waals surface area contributed by atoms with E-state index in [2.05, 4.69) is 10.1 Å². The number of benzene rings is 1. The Kier molecular flexibility index (Phi) is 4.84. The van der Waals surface area contributed by atoms with E-state index in [1.165, 1.54) is 11.8 Å². The molecule has 7 nitrogen and oxygen atoms in total. The van der Waals surface area contributed by atoms with Crippen molar-refractivity contribution >= 4 is 23.6 Å². The molecular weight excluding hydrogens is 330 g/mol. The summed E-state index contributed by atoms with van der Waals surface area (Å²) in [5.74, 6) is 0.0973. The van der Waals surface area contributed by atoms with Crippen molar-refractivity contribution in [3.05, 3.63) is 41.5 Å². The molecule has 1 aromatic carbocycles. The van der Waals surface area contributed by atoms with Crippen LogP contribution in [-0.4, -0.2) is 45.1 Å². The van der Waals surface area contributed by atoms with Crippen molar-refractivity contribution in [2.75, 3.05) is 13.1 Å².